The smallest absolute Gasteiger partial charge is 0.250 e. The number of amides is 1. The zero-order valence-electron chi connectivity index (χ0n) is 20.6. The van der Waals surface area contributed by atoms with Gasteiger partial charge in [0, 0.05) is 26.9 Å². The van der Waals surface area contributed by atoms with Crippen LogP contribution in [-0.2, 0) is 4.79 Å². The number of hydrogen-bond donors (Lipinski definition) is 1. The van der Waals surface area contributed by atoms with Gasteiger partial charge in [-0.05, 0) is 60.7 Å². The highest BCUT2D eigenvalue weighted by Crippen LogP contribution is 2.37. The summed E-state index contributed by atoms with van der Waals surface area (Å²) in [6.45, 7) is 0. The Hall–Kier alpha value is -3.73. The number of hydrazone groups is 1. The number of nitrogens with zero attached hydrogens (tertiary/aromatic N) is 4. The number of halogens is 2. The minimum atomic E-state index is -0.322. The molecule has 38 heavy (non-hydrogen) atoms. The van der Waals surface area contributed by atoms with Crippen LogP contribution in [0.15, 0.2) is 70.9 Å². The normalized spacial score (nSPS) is 11.0. The van der Waals surface area contributed by atoms with Crippen LogP contribution in [0.5, 0.6) is 17.2 Å². The van der Waals surface area contributed by atoms with E-state index in [0.717, 1.165) is 11.3 Å². The first-order valence-corrected chi connectivity index (χ1v) is 12.9. The zero-order chi connectivity index (χ0) is 27.1. The summed E-state index contributed by atoms with van der Waals surface area (Å²) in [6, 6.07) is 18.0. The highest BCUT2D eigenvalue weighted by molar-refractivity contribution is 7.99. The van der Waals surface area contributed by atoms with Gasteiger partial charge in [0.15, 0.2) is 22.5 Å². The van der Waals surface area contributed by atoms with E-state index in [2.05, 4.69) is 20.7 Å². The van der Waals surface area contributed by atoms with E-state index in [9.17, 15) is 4.79 Å². The lowest BCUT2D eigenvalue weighted by atomic mass is 10.2. The number of hydrogen-bond acceptors (Lipinski definition) is 8. The number of methoxy groups -OCH3 is 3. The summed E-state index contributed by atoms with van der Waals surface area (Å²) in [5.41, 5.74) is 4.80. The minimum Gasteiger partial charge on any atom is -0.493 e. The second-order valence-electron chi connectivity index (χ2n) is 7.67. The second kappa shape index (κ2) is 12.7. The van der Waals surface area contributed by atoms with Crippen LogP contribution in [0.3, 0.4) is 0 Å². The maximum Gasteiger partial charge on any atom is 0.250 e. The number of carbonyl (C=O) groups excluding carboxylic acids is 1. The van der Waals surface area contributed by atoms with E-state index in [-0.39, 0.29) is 11.7 Å². The van der Waals surface area contributed by atoms with Crippen molar-refractivity contribution in [3.05, 3.63) is 76.3 Å². The van der Waals surface area contributed by atoms with Gasteiger partial charge in [0.1, 0.15) is 0 Å². The van der Waals surface area contributed by atoms with Crippen LogP contribution in [0.1, 0.15) is 5.56 Å². The van der Waals surface area contributed by atoms with Gasteiger partial charge in [0.05, 0.1) is 33.3 Å². The maximum atomic E-state index is 12.6. The van der Waals surface area contributed by atoms with Crippen molar-refractivity contribution in [1.82, 2.24) is 20.2 Å². The predicted octanol–water partition coefficient (Wildman–Crippen LogP) is 5.51. The Morgan fingerprint density at radius 3 is 2.13 bits per heavy atom. The van der Waals surface area contributed by atoms with E-state index in [4.69, 9.17) is 37.4 Å². The standard InChI is InChI=1S/C26H23Cl2N5O4S/c1-35-21-12-16(13-22(36-2)24(21)37-3)14-29-30-23(34)15-38-26-32-31-25(17-4-6-18(27)7-5-17)33(26)20-10-8-19(28)9-11-20/h4-14H,15H2,1-3H3,(H,30,34). The van der Waals surface area contributed by atoms with Crippen molar-refractivity contribution >= 4 is 47.1 Å². The largest absolute Gasteiger partial charge is 0.493 e. The van der Waals surface area contributed by atoms with Crippen molar-refractivity contribution in [2.45, 2.75) is 5.16 Å². The Morgan fingerprint density at radius 2 is 1.55 bits per heavy atom. The molecular formula is C26H23Cl2N5O4S. The van der Waals surface area contributed by atoms with Gasteiger partial charge in [-0.15, -0.1) is 10.2 Å². The van der Waals surface area contributed by atoms with Crippen LogP contribution in [0, 0.1) is 0 Å². The van der Waals surface area contributed by atoms with Crippen molar-refractivity contribution in [2.24, 2.45) is 5.10 Å². The van der Waals surface area contributed by atoms with E-state index in [0.29, 0.717) is 43.8 Å². The molecule has 1 N–H and O–H groups in total. The monoisotopic (exact) mass is 571 g/mol. The third-order valence-corrected chi connectivity index (χ3v) is 6.68. The van der Waals surface area contributed by atoms with Gasteiger partial charge < -0.3 is 14.2 Å². The molecule has 4 aromatic rings. The van der Waals surface area contributed by atoms with Crippen molar-refractivity contribution in [1.29, 1.82) is 0 Å². The topological polar surface area (TPSA) is 99.9 Å². The van der Waals surface area contributed by atoms with Crippen molar-refractivity contribution < 1.29 is 19.0 Å². The molecule has 0 spiro atoms. The van der Waals surface area contributed by atoms with E-state index in [1.165, 1.54) is 39.3 Å². The lowest BCUT2D eigenvalue weighted by Crippen LogP contribution is -2.20. The Morgan fingerprint density at radius 1 is 0.947 bits per heavy atom. The molecule has 3 aromatic carbocycles. The Balaban J connectivity index is 1.49. The second-order valence-corrected chi connectivity index (χ2v) is 9.48. The van der Waals surface area contributed by atoms with Gasteiger partial charge in [0.2, 0.25) is 5.75 Å². The number of rotatable bonds is 10. The SMILES string of the molecule is COc1cc(C=NNC(=O)CSc2nnc(-c3ccc(Cl)cc3)n2-c2ccc(Cl)cc2)cc(OC)c1OC. The van der Waals surface area contributed by atoms with Gasteiger partial charge in [-0.1, -0.05) is 35.0 Å². The van der Waals surface area contributed by atoms with Crippen LogP contribution >= 0.6 is 35.0 Å². The lowest BCUT2D eigenvalue weighted by Gasteiger charge is -2.12. The summed E-state index contributed by atoms with van der Waals surface area (Å²) in [7, 11) is 4.58. The number of carbonyl (C=O) groups is 1. The average Bonchev–Trinajstić information content (AvgIpc) is 3.36. The molecule has 4 rings (SSSR count). The molecule has 0 aliphatic carbocycles. The highest BCUT2D eigenvalue weighted by atomic mass is 35.5. The first kappa shape index (κ1) is 27.3. The third-order valence-electron chi connectivity index (χ3n) is 5.24. The van der Waals surface area contributed by atoms with E-state index >= 15 is 0 Å². The van der Waals surface area contributed by atoms with Crippen LogP contribution < -0.4 is 19.6 Å². The summed E-state index contributed by atoms with van der Waals surface area (Å²) in [5.74, 6) is 1.76. The molecule has 12 heteroatoms. The summed E-state index contributed by atoms with van der Waals surface area (Å²) in [5, 5.41) is 14.5. The van der Waals surface area contributed by atoms with Gasteiger partial charge in [-0.25, -0.2) is 5.43 Å². The fourth-order valence-electron chi connectivity index (χ4n) is 3.49. The van der Waals surface area contributed by atoms with Crippen molar-refractivity contribution in [2.75, 3.05) is 27.1 Å². The Kier molecular flexibility index (Phi) is 9.11. The molecule has 0 aliphatic rings. The van der Waals surface area contributed by atoms with Crippen LogP contribution in [0.2, 0.25) is 10.0 Å². The summed E-state index contributed by atoms with van der Waals surface area (Å²) < 4.78 is 17.9. The fourth-order valence-corrected chi connectivity index (χ4v) is 4.49. The molecule has 0 saturated carbocycles. The molecule has 0 bridgehead atoms. The molecule has 0 radical (unpaired) electrons. The molecule has 1 aromatic heterocycles. The van der Waals surface area contributed by atoms with E-state index in [1.54, 1.807) is 36.4 Å². The number of benzene rings is 3. The lowest BCUT2D eigenvalue weighted by molar-refractivity contribution is -0.118. The summed E-state index contributed by atoms with van der Waals surface area (Å²) >= 11 is 13.4. The Labute approximate surface area is 233 Å². The molecule has 0 unspecified atom stereocenters. The van der Waals surface area contributed by atoms with Crippen molar-refractivity contribution in [3.63, 3.8) is 0 Å². The summed E-state index contributed by atoms with van der Waals surface area (Å²) in [4.78, 5) is 12.6. The highest BCUT2D eigenvalue weighted by Gasteiger charge is 2.18. The molecule has 196 valence electrons. The first-order valence-electron chi connectivity index (χ1n) is 11.2. The quantitative estimate of drug-likeness (QED) is 0.152. The van der Waals surface area contributed by atoms with Gasteiger partial charge in [0.25, 0.3) is 5.91 Å². The van der Waals surface area contributed by atoms with Crippen LogP contribution in [0.4, 0.5) is 0 Å². The molecule has 0 atom stereocenters. The number of nitrogens with one attached hydrogen (secondary N) is 1. The molecule has 1 amide bonds. The maximum absolute atomic E-state index is 12.6. The number of aromatic nitrogens is 3. The van der Waals surface area contributed by atoms with Crippen LogP contribution in [-0.4, -0.2) is 54.0 Å². The number of ether oxygens (including phenoxy) is 3. The molecule has 1 heterocycles. The zero-order valence-corrected chi connectivity index (χ0v) is 23.0. The third kappa shape index (κ3) is 6.39. The van der Waals surface area contributed by atoms with Gasteiger partial charge in [-0.2, -0.15) is 5.10 Å². The van der Waals surface area contributed by atoms with E-state index in [1.807, 2.05) is 28.8 Å². The molecular weight excluding hydrogens is 549 g/mol. The fraction of sp³-hybridized carbons (Fsp3) is 0.154. The first-order chi connectivity index (χ1) is 18.4. The van der Waals surface area contributed by atoms with E-state index < -0.39 is 0 Å². The average molecular weight is 572 g/mol. The molecule has 0 aliphatic heterocycles. The molecule has 0 fully saturated rings. The predicted molar refractivity (Wildman–Crippen MR) is 149 cm³/mol. The minimum absolute atomic E-state index is 0.0545. The molecule has 9 nitrogen and oxygen atoms in total. The summed E-state index contributed by atoms with van der Waals surface area (Å²) in [6.07, 6.45) is 1.49. The Bertz CT molecular complexity index is 1420. The van der Waals surface area contributed by atoms with Crippen molar-refractivity contribution in [3.8, 4) is 34.3 Å². The van der Waals surface area contributed by atoms with Crippen LogP contribution in [0.25, 0.3) is 17.1 Å². The number of thioether (sulfide) groups is 1. The van der Waals surface area contributed by atoms with Gasteiger partial charge >= 0.3 is 0 Å². The van der Waals surface area contributed by atoms with Gasteiger partial charge in [-0.3, -0.25) is 9.36 Å². The molecule has 0 saturated heterocycles.